The topological polar surface area (TPSA) is 42.2 Å². The van der Waals surface area contributed by atoms with Crippen LogP contribution in [0.15, 0.2) is 65.1 Å². The molecule has 0 spiro atoms. The van der Waals surface area contributed by atoms with E-state index in [0.717, 1.165) is 27.9 Å². The minimum atomic E-state index is -0.159. The number of furan rings is 1. The fraction of sp³-hybridized carbons (Fsp3) is 0.150. The molecule has 3 heteroatoms. The summed E-state index contributed by atoms with van der Waals surface area (Å²) in [6.45, 7) is 3.79. The summed E-state index contributed by atoms with van der Waals surface area (Å²) in [6.07, 6.45) is 3.41. The van der Waals surface area contributed by atoms with Crippen molar-refractivity contribution >= 4 is 22.8 Å². The van der Waals surface area contributed by atoms with E-state index in [0.29, 0.717) is 0 Å². The molecule has 23 heavy (non-hydrogen) atoms. The van der Waals surface area contributed by atoms with Crippen LogP contribution in [0.2, 0.25) is 0 Å². The quantitative estimate of drug-likeness (QED) is 0.714. The zero-order valence-corrected chi connectivity index (χ0v) is 13.2. The molecule has 0 fully saturated rings. The Hall–Kier alpha value is -2.81. The lowest BCUT2D eigenvalue weighted by molar-refractivity contribution is -0.117. The van der Waals surface area contributed by atoms with E-state index in [1.165, 1.54) is 0 Å². The molecule has 116 valence electrons. The molecular weight excluding hydrogens is 286 g/mol. The molecule has 0 saturated heterocycles. The Kier molecular flexibility index (Phi) is 4.29. The van der Waals surface area contributed by atoms with Crippen LogP contribution in [-0.2, 0) is 4.79 Å². The smallest absolute Gasteiger partial charge is 0.244 e. The summed E-state index contributed by atoms with van der Waals surface area (Å²) >= 11 is 0. The van der Waals surface area contributed by atoms with Crippen molar-refractivity contribution in [1.29, 1.82) is 0 Å². The second kappa shape index (κ2) is 6.53. The Morgan fingerprint density at radius 3 is 2.65 bits per heavy atom. The van der Waals surface area contributed by atoms with Gasteiger partial charge in [-0.3, -0.25) is 4.79 Å². The first-order chi connectivity index (χ1) is 11.1. The van der Waals surface area contributed by atoms with E-state index in [1.807, 2.05) is 56.3 Å². The number of benzene rings is 2. The Balaban J connectivity index is 1.73. The number of hydrogen-bond acceptors (Lipinski definition) is 2. The minimum absolute atomic E-state index is 0.139. The van der Waals surface area contributed by atoms with Crippen LogP contribution in [0.1, 0.15) is 30.0 Å². The molecule has 0 aliphatic rings. The fourth-order valence-corrected chi connectivity index (χ4v) is 2.58. The third kappa shape index (κ3) is 3.51. The Morgan fingerprint density at radius 1 is 1.09 bits per heavy atom. The molecule has 0 aliphatic heterocycles. The van der Waals surface area contributed by atoms with E-state index >= 15 is 0 Å². The zero-order valence-electron chi connectivity index (χ0n) is 13.2. The standard InChI is InChI=1S/C20H19NO2/c1-14-10-12-19(23-14)15(2)21-20(22)13-11-17-8-5-7-16-6-3-4-9-18(16)17/h3-13,15H,1-2H3,(H,21,22)/b13-11+. The number of nitrogens with one attached hydrogen (secondary N) is 1. The maximum Gasteiger partial charge on any atom is 0.244 e. The second-order valence-electron chi connectivity index (χ2n) is 5.58. The van der Waals surface area contributed by atoms with E-state index in [2.05, 4.69) is 23.5 Å². The van der Waals surface area contributed by atoms with Gasteiger partial charge in [0.2, 0.25) is 5.91 Å². The van der Waals surface area contributed by atoms with Crippen LogP contribution >= 0.6 is 0 Å². The van der Waals surface area contributed by atoms with E-state index < -0.39 is 0 Å². The molecule has 3 aromatic rings. The Labute approximate surface area is 135 Å². The number of aryl methyl sites for hydroxylation is 1. The predicted octanol–water partition coefficient (Wildman–Crippen LogP) is 4.63. The second-order valence-corrected chi connectivity index (χ2v) is 5.58. The molecule has 3 nitrogen and oxygen atoms in total. The number of carbonyl (C=O) groups excluding carboxylic acids is 1. The van der Waals surface area contributed by atoms with Gasteiger partial charge in [0.15, 0.2) is 0 Å². The van der Waals surface area contributed by atoms with Gasteiger partial charge >= 0.3 is 0 Å². The molecule has 1 aromatic heterocycles. The molecule has 1 atom stereocenters. The number of carbonyl (C=O) groups is 1. The first kappa shape index (κ1) is 15.1. The SMILES string of the molecule is Cc1ccc(C(C)NC(=O)/C=C/c2cccc3ccccc23)o1. The molecule has 1 heterocycles. The number of rotatable bonds is 4. The van der Waals surface area contributed by atoms with Gasteiger partial charge in [-0.05, 0) is 48.4 Å². The number of fused-ring (bicyclic) bond motifs is 1. The average molecular weight is 305 g/mol. The highest BCUT2D eigenvalue weighted by atomic mass is 16.3. The highest BCUT2D eigenvalue weighted by Crippen LogP contribution is 2.20. The normalized spacial score (nSPS) is 12.6. The lowest BCUT2D eigenvalue weighted by atomic mass is 10.0. The van der Waals surface area contributed by atoms with Crippen molar-refractivity contribution in [2.24, 2.45) is 0 Å². The maximum absolute atomic E-state index is 12.1. The van der Waals surface area contributed by atoms with Gasteiger partial charge in [0.05, 0.1) is 6.04 Å². The van der Waals surface area contributed by atoms with Crippen molar-refractivity contribution < 1.29 is 9.21 Å². The first-order valence-corrected chi connectivity index (χ1v) is 7.66. The molecular formula is C20H19NO2. The van der Waals surface area contributed by atoms with E-state index in [9.17, 15) is 4.79 Å². The Bertz CT molecular complexity index is 855. The summed E-state index contributed by atoms with van der Waals surface area (Å²) in [5.74, 6) is 1.46. The Morgan fingerprint density at radius 2 is 1.87 bits per heavy atom. The highest BCUT2D eigenvalue weighted by Gasteiger charge is 2.10. The monoisotopic (exact) mass is 305 g/mol. The molecule has 3 rings (SSSR count). The van der Waals surface area contributed by atoms with Gasteiger partial charge in [0, 0.05) is 6.08 Å². The van der Waals surface area contributed by atoms with Crippen LogP contribution in [0.25, 0.3) is 16.8 Å². The van der Waals surface area contributed by atoms with Crippen LogP contribution in [0.5, 0.6) is 0 Å². The number of amides is 1. The van der Waals surface area contributed by atoms with Gasteiger partial charge in [-0.15, -0.1) is 0 Å². The van der Waals surface area contributed by atoms with Crippen LogP contribution in [0, 0.1) is 6.92 Å². The summed E-state index contributed by atoms with van der Waals surface area (Å²) in [5, 5.41) is 5.20. The van der Waals surface area contributed by atoms with Crippen molar-refractivity contribution in [3.05, 3.63) is 77.8 Å². The van der Waals surface area contributed by atoms with Gasteiger partial charge in [-0.25, -0.2) is 0 Å². The van der Waals surface area contributed by atoms with E-state index in [-0.39, 0.29) is 11.9 Å². The summed E-state index contributed by atoms with van der Waals surface area (Å²) in [6, 6.07) is 17.8. The largest absolute Gasteiger partial charge is 0.464 e. The average Bonchev–Trinajstić information content (AvgIpc) is 2.99. The van der Waals surface area contributed by atoms with Gasteiger partial charge < -0.3 is 9.73 Å². The predicted molar refractivity (Wildman–Crippen MR) is 93.0 cm³/mol. The molecule has 2 aromatic carbocycles. The fourth-order valence-electron chi connectivity index (χ4n) is 2.58. The molecule has 0 radical (unpaired) electrons. The summed E-state index contributed by atoms with van der Waals surface area (Å²) in [7, 11) is 0. The molecule has 1 unspecified atom stereocenters. The first-order valence-electron chi connectivity index (χ1n) is 7.66. The van der Waals surface area contributed by atoms with Crippen LogP contribution < -0.4 is 5.32 Å². The molecule has 1 amide bonds. The third-order valence-electron chi connectivity index (χ3n) is 3.78. The summed E-state index contributed by atoms with van der Waals surface area (Å²) in [5.41, 5.74) is 1.03. The molecule has 0 aliphatic carbocycles. The van der Waals surface area contributed by atoms with Gasteiger partial charge in [0.25, 0.3) is 0 Å². The van der Waals surface area contributed by atoms with E-state index in [4.69, 9.17) is 4.42 Å². The lowest BCUT2D eigenvalue weighted by Crippen LogP contribution is -2.24. The van der Waals surface area contributed by atoms with Crippen molar-refractivity contribution in [3.63, 3.8) is 0 Å². The van der Waals surface area contributed by atoms with Crippen LogP contribution in [-0.4, -0.2) is 5.91 Å². The lowest BCUT2D eigenvalue weighted by Gasteiger charge is -2.09. The third-order valence-corrected chi connectivity index (χ3v) is 3.78. The van der Waals surface area contributed by atoms with Crippen molar-refractivity contribution in [2.45, 2.75) is 19.9 Å². The summed E-state index contributed by atoms with van der Waals surface area (Å²) < 4.78 is 5.53. The van der Waals surface area contributed by atoms with Crippen molar-refractivity contribution in [1.82, 2.24) is 5.32 Å². The van der Waals surface area contributed by atoms with Gasteiger partial charge in [-0.2, -0.15) is 0 Å². The maximum atomic E-state index is 12.1. The van der Waals surface area contributed by atoms with Crippen molar-refractivity contribution in [3.8, 4) is 0 Å². The van der Waals surface area contributed by atoms with E-state index in [1.54, 1.807) is 6.08 Å². The minimum Gasteiger partial charge on any atom is -0.464 e. The molecule has 0 saturated carbocycles. The van der Waals surface area contributed by atoms with Crippen LogP contribution in [0.3, 0.4) is 0 Å². The van der Waals surface area contributed by atoms with Gasteiger partial charge in [0.1, 0.15) is 11.5 Å². The van der Waals surface area contributed by atoms with Gasteiger partial charge in [-0.1, -0.05) is 42.5 Å². The molecule has 1 N–H and O–H groups in total. The zero-order chi connectivity index (χ0) is 16.2. The van der Waals surface area contributed by atoms with Crippen LogP contribution in [0.4, 0.5) is 0 Å². The summed E-state index contributed by atoms with van der Waals surface area (Å²) in [4.78, 5) is 12.1. The number of hydrogen-bond donors (Lipinski definition) is 1. The molecule has 0 bridgehead atoms. The highest BCUT2D eigenvalue weighted by molar-refractivity contribution is 5.96. The van der Waals surface area contributed by atoms with Crippen molar-refractivity contribution in [2.75, 3.05) is 0 Å².